The van der Waals surface area contributed by atoms with Crippen LogP contribution in [0.5, 0.6) is 5.75 Å². The van der Waals surface area contributed by atoms with Crippen LogP contribution in [0.2, 0.25) is 0 Å². The molecule has 2 heterocycles. The van der Waals surface area contributed by atoms with Crippen molar-refractivity contribution in [3.8, 4) is 5.75 Å². The number of ether oxygens (including phenoxy) is 2. The molecule has 1 amide bonds. The highest BCUT2D eigenvalue weighted by atomic mass is 16.5. The highest BCUT2D eigenvalue weighted by Crippen LogP contribution is 2.22. The van der Waals surface area contributed by atoms with Crippen molar-refractivity contribution in [1.29, 1.82) is 0 Å². The normalized spacial score (nSPS) is 14.6. The highest BCUT2D eigenvalue weighted by Gasteiger charge is 2.16. The molecule has 0 saturated carbocycles. The summed E-state index contributed by atoms with van der Waals surface area (Å²) in [5.74, 6) is 1.09. The lowest BCUT2D eigenvalue weighted by molar-refractivity contribution is -0.115. The quantitative estimate of drug-likeness (QED) is 0.679. The van der Waals surface area contributed by atoms with Crippen molar-refractivity contribution in [3.05, 3.63) is 70.6 Å². The van der Waals surface area contributed by atoms with Crippen LogP contribution in [0, 0.1) is 5.92 Å². The maximum atomic E-state index is 13.0. The minimum Gasteiger partial charge on any atom is -0.497 e. The van der Waals surface area contributed by atoms with Crippen LogP contribution in [-0.2, 0) is 22.5 Å². The van der Waals surface area contributed by atoms with Crippen molar-refractivity contribution in [2.75, 3.05) is 25.6 Å². The molecule has 156 valence electrons. The first kappa shape index (κ1) is 20.2. The number of hydrogen-bond donors (Lipinski definition) is 1. The van der Waals surface area contributed by atoms with Crippen LogP contribution >= 0.6 is 0 Å². The third kappa shape index (κ3) is 4.54. The zero-order valence-electron chi connectivity index (χ0n) is 17.1. The lowest BCUT2D eigenvalue weighted by Crippen LogP contribution is -2.27. The predicted octanol–water partition coefficient (Wildman–Crippen LogP) is 3.62. The largest absolute Gasteiger partial charge is 0.497 e. The van der Waals surface area contributed by atoms with E-state index in [-0.39, 0.29) is 17.9 Å². The molecule has 3 aromatic rings. The van der Waals surface area contributed by atoms with E-state index in [9.17, 15) is 9.59 Å². The van der Waals surface area contributed by atoms with Gasteiger partial charge in [-0.15, -0.1) is 0 Å². The van der Waals surface area contributed by atoms with E-state index in [4.69, 9.17) is 9.47 Å². The van der Waals surface area contributed by atoms with E-state index >= 15 is 0 Å². The van der Waals surface area contributed by atoms with Gasteiger partial charge in [-0.3, -0.25) is 9.59 Å². The number of pyridine rings is 1. The second kappa shape index (κ2) is 9.13. The van der Waals surface area contributed by atoms with E-state index in [1.807, 2.05) is 54.7 Å². The summed E-state index contributed by atoms with van der Waals surface area (Å²) in [4.78, 5) is 25.6. The minimum absolute atomic E-state index is 0.0229. The zero-order chi connectivity index (χ0) is 20.9. The summed E-state index contributed by atoms with van der Waals surface area (Å²) in [6, 6.07) is 14.8. The Labute approximate surface area is 175 Å². The van der Waals surface area contributed by atoms with Crippen LogP contribution in [0.1, 0.15) is 18.4 Å². The summed E-state index contributed by atoms with van der Waals surface area (Å²) >= 11 is 0. The van der Waals surface area contributed by atoms with E-state index < -0.39 is 0 Å². The molecule has 0 bridgehead atoms. The number of rotatable bonds is 6. The fourth-order valence-corrected chi connectivity index (χ4v) is 3.90. The molecule has 0 spiro atoms. The molecule has 0 radical (unpaired) electrons. The number of anilines is 1. The first-order chi connectivity index (χ1) is 14.6. The van der Waals surface area contributed by atoms with E-state index in [1.165, 1.54) is 0 Å². The van der Waals surface area contributed by atoms with Crippen molar-refractivity contribution in [2.24, 2.45) is 5.92 Å². The van der Waals surface area contributed by atoms with Crippen molar-refractivity contribution in [3.63, 3.8) is 0 Å². The molecule has 6 heteroatoms. The van der Waals surface area contributed by atoms with E-state index in [0.29, 0.717) is 23.5 Å². The van der Waals surface area contributed by atoms with Gasteiger partial charge in [0.25, 0.3) is 5.56 Å². The number of amides is 1. The SMILES string of the molecule is COc1ccc(CC(=O)Nc2cccc3c(=O)n(CC4CCOCC4)ccc23)cc1. The molecule has 30 heavy (non-hydrogen) atoms. The van der Waals surface area contributed by atoms with Crippen LogP contribution in [0.15, 0.2) is 59.5 Å². The summed E-state index contributed by atoms with van der Waals surface area (Å²) in [5, 5.41) is 4.33. The summed E-state index contributed by atoms with van der Waals surface area (Å²) in [6.07, 6.45) is 4.04. The van der Waals surface area contributed by atoms with Gasteiger partial charge in [0.1, 0.15) is 5.75 Å². The standard InChI is InChI=1S/C24H26N2O4/c1-29-19-7-5-17(6-8-19)15-23(27)25-22-4-2-3-21-20(22)9-12-26(24(21)28)16-18-10-13-30-14-11-18/h2-9,12,18H,10-11,13-16H2,1H3,(H,25,27). The number of methoxy groups -OCH3 is 1. The number of aromatic nitrogens is 1. The molecule has 2 aromatic carbocycles. The Balaban J connectivity index is 1.51. The van der Waals surface area contributed by atoms with Gasteiger partial charge in [0, 0.05) is 42.4 Å². The maximum Gasteiger partial charge on any atom is 0.258 e. The summed E-state index contributed by atoms with van der Waals surface area (Å²) in [5.41, 5.74) is 1.53. The van der Waals surface area contributed by atoms with Gasteiger partial charge in [0.2, 0.25) is 5.91 Å². The van der Waals surface area contributed by atoms with Gasteiger partial charge in [-0.25, -0.2) is 0 Å². The van der Waals surface area contributed by atoms with Gasteiger partial charge in [-0.05, 0) is 54.7 Å². The highest BCUT2D eigenvalue weighted by molar-refractivity contribution is 6.02. The monoisotopic (exact) mass is 406 g/mol. The van der Waals surface area contributed by atoms with Crippen molar-refractivity contribution < 1.29 is 14.3 Å². The first-order valence-electron chi connectivity index (χ1n) is 10.3. The molecular formula is C24H26N2O4. The fraction of sp³-hybridized carbons (Fsp3) is 0.333. The summed E-state index contributed by atoms with van der Waals surface area (Å²) in [6.45, 7) is 2.22. The smallest absolute Gasteiger partial charge is 0.258 e. The molecule has 1 N–H and O–H groups in total. The number of carbonyl (C=O) groups excluding carboxylic acids is 1. The minimum atomic E-state index is -0.126. The lowest BCUT2D eigenvalue weighted by atomic mass is 10.00. The molecule has 0 unspecified atom stereocenters. The van der Waals surface area contributed by atoms with E-state index in [2.05, 4.69) is 5.32 Å². The molecule has 1 aliphatic heterocycles. The second-order valence-corrected chi connectivity index (χ2v) is 7.67. The maximum absolute atomic E-state index is 13.0. The average molecular weight is 406 g/mol. The summed E-state index contributed by atoms with van der Waals surface area (Å²) < 4.78 is 12.3. The lowest BCUT2D eigenvalue weighted by Gasteiger charge is -2.23. The van der Waals surface area contributed by atoms with Crippen LogP contribution < -0.4 is 15.6 Å². The average Bonchev–Trinajstić information content (AvgIpc) is 2.77. The Kier molecular flexibility index (Phi) is 6.14. The van der Waals surface area contributed by atoms with E-state index in [1.54, 1.807) is 11.7 Å². The van der Waals surface area contributed by atoms with Crippen molar-refractivity contribution in [2.45, 2.75) is 25.8 Å². The van der Waals surface area contributed by atoms with Gasteiger partial charge in [-0.1, -0.05) is 18.2 Å². The zero-order valence-corrected chi connectivity index (χ0v) is 17.1. The fourth-order valence-electron chi connectivity index (χ4n) is 3.90. The van der Waals surface area contributed by atoms with Gasteiger partial charge in [0.15, 0.2) is 0 Å². The van der Waals surface area contributed by atoms with Crippen LogP contribution in [0.3, 0.4) is 0 Å². The molecule has 0 aliphatic carbocycles. The summed E-state index contributed by atoms with van der Waals surface area (Å²) in [7, 11) is 1.61. The Morgan fingerprint density at radius 1 is 1.10 bits per heavy atom. The number of carbonyl (C=O) groups is 1. The van der Waals surface area contributed by atoms with Crippen LogP contribution in [0.4, 0.5) is 5.69 Å². The number of nitrogens with zero attached hydrogens (tertiary/aromatic N) is 1. The molecule has 6 nitrogen and oxygen atoms in total. The number of hydrogen-bond acceptors (Lipinski definition) is 4. The Morgan fingerprint density at radius 3 is 2.60 bits per heavy atom. The van der Waals surface area contributed by atoms with Gasteiger partial charge in [-0.2, -0.15) is 0 Å². The predicted molar refractivity (Wildman–Crippen MR) is 117 cm³/mol. The van der Waals surface area contributed by atoms with E-state index in [0.717, 1.165) is 42.8 Å². The third-order valence-electron chi connectivity index (χ3n) is 5.61. The number of nitrogens with one attached hydrogen (secondary N) is 1. The van der Waals surface area contributed by atoms with Gasteiger partial charge >= 0.3 is 0 Å². The van der Waals surface area contributed by atoms with Crippen molar-refractivity contribution >= 4 is 22.4 Å². The van der Waals surface area contributed by atoms with Gasteiger partial charge in [0.05, 0.1) is 13.5 Å². The second-order valence-electron chi connectivity index (χ2n) is 7.67. The first-order valence-corrected chi connectivity index (χ1v) is 10.3. The molecule has 1 fully saturated rings. The molecule has 1 aliphatic rings. The Bertz CT molecular complexity index is 1080. The Hall–Kier alpha value is -3.12. The number of benzene rings is 2. The van der Waals surface area contributed by atoms with Crippen LogP contribution in [-0.4, -0.2) is 30.8 Å². The molecule has 1 aromatic heterocycles. The topological polar surface area (TPSA) is 69.6 Å². The Morgan fingerprint density at radius 2 is 1.87 bits per heavy atom. The van der Waals surface area contributed by atoms with Gasteiger partial charge < -0.3 is 19.4 Å². The molecular weight excluding hydrogens is 380 g/mol. The van der Waals surface area contributed by atoms with Crippen molar-refractivity contribution in [1.82, 2.24) is 4.57 Å². The number of fused-ring (bicyclic) bond motifs is 1. The third-order valence-corrected chi connectivity index (χ3v) is 5.61. The van der Waals surface area contributed by atoms with Crippen LogP contribution in [0.25, 0.3) is 10.8 Å². The molecule has 0 atom stereocenters. The molecule has 4 rings (SSSR count). The molecule has 1 saturated heterocycles.